The lowest BCUT2D eigenvalue weighted by Gasteiger charge is -2.38. The van der Waals surface area contributed by atoms with Gasteiger partial charge in [0.2, 0.25) is 0 Å². The molecule has 0 radical (unpaired) electrons. The van der Waals surface area contributed by atoms with E-state index in [0.717, 1.165) is 43.6 Å². The molecule has 1 saturated heterocycles. The number of nitrogens with zero attached hydrogens (tertiary/aromatic N) is 2. The summed E-state index contributed by atoms with van der Waals surface area (Å²) in [6.07, 6.45) is 0.0475. The van der Waals surface area contributed by atoms with E-state index in [4.69, 9.17) is 9.47 Å². The molecule has 146 valence electrons. The van der Waals surface area contributed by atoms with E-state index < -0.39 is 0 Å². The fourth-order valence-electron chi connectivity index (χ4n) is 3.16. The molecule has 6 heteroatoms. The van der Waals surface area contributed by atoms with Gasteiger partial charge in [-0.25, -0.2) is 0 Å². The Hall–Kier alpha value is -1.79. The van der Waals surface area contributed by atoms with Gasteiger partial charge in [-0.1, -0.05) is 18.2 Å². The highest BCUT2D eigenvalue weighted by Gasteiger charge is 2.23. The van der Waals surface area contributed by atoms with Gasteiger partial charge in [-0.05, 0) is 39.3 Å². The Morgan fingerprint density at radius 1 is 1.31 bits per heavy atom. The van der Waals surface area contributed by atoms with E-state index in [-0.39, 0.29) is 6.10 Å². The molecule has 6 nitrogen and oxygen atoms in total. The van der Waals surface area contributed by atoms with Crippen molar-refractivity contribution in [3.63, 3.8) is 0 Å². The molecule has 1 aromatic carbocycles. The summed E-state index contributed by atoms with van der Waals surface area (Å²) in [6, 6.07) is 8.96. The lowest BCUT2D eigenvalue weighted by molar-refractivity contribution is -0.0174. The molecule has 0 aliphatic carbocycles. The fraction of sp³-hybridized carbons (Fsp3) is 0.650. The molecule has 0 spiro atoms. The smallest absolute Gasteiger partial charge is 0.191 e. The molecule has 1 fully saturated rings. The first-order valence-corrected chi connectivity index (χ1v) is 9.51. The second-order valence-corrected chi connectivity index (χ2v) is 7.04. The van der Waals surface area contributed by atoms with Crippen LogP contribution in [0.2, 0.25) is 0 Å². The molecule has 0 bridgehead atoms. The zero-order valence-corrected chi connectivity index (χ0v) is 16.8. The number of benzene rings is 1. The molecule has 1 heterocycles. The predicted molar refractivity (Wildman–Crippen MR) is 107 cm³/mol. The molecule has 0 saturated carbocycles. The summed E-state index contributed by atoms with van der Waals surface area (Å²) in [7, 11) is 1.80. The van der Waals surface area contributed by atoms with Crippen LogP contribution >= 0.6 is 0 Å². The van der Waals surface area contributed by atoms with Crippen LogP contribution in [0.5, 0.6) is 5.75 Å². The number of hydrogen-bond donors (Lipinski definition) is 2. The van der Waals surface area contributed by atoms with Crippen LogP contribution in [0.25, 0.3) is 0 Å². The van der Waals surface area contributed by atoms with Crippen molar-refractivity contribution in [3.05, 3.63) is 29.8 Å². The molecular formula is C20H34N4O2. The minimum absolute atomic E-state index is 0.0475. The van der Waals surface area contributed by atoms with Crippen molar-refractivity contribution >= 4 is 5.96 Å². The third-order valence-corrected chi connectivity index (χ3v) is 4.75. The van der Waals surface area contributed by atoms with Crippen LogP contribution in [-0.4, -0.2) is 68.9 Å². The second-order valence-electron chi connectivity index (χ2n) is 7.04. The van der Waals surface area contributed by atoms with Crippen molar-refractivity contribution in [2.45, 2.75) is 45.9 Å². The highest BCUT2D eigenvalue weighted by atomic mass is 16.5. The number of para-hydroxylation sites is 1. The Bertz CT molecular complexity index is 579. The summed E-state index contributed by atoms with van der Waals surface area (Å²) in [6.45, 7) is 12.7. The average Bonchev–Trinajstić information content (AvgIpc) is 2.64. The SMILES string of the molecule is CN=C(NCC(C)Oc1ccccc1C)NCC(C)N1CCOCC1C. The molecule has 1 aliphatic rings. The average molecular weight is 363 g/mol. The van der Waals surface area contributed by atoms with Crippen LogP contribution in [0.15, 0.2) is 29.3 Å². The van der Waals surface area contributed by atoms with Crippen molar-refractivity contribution in [2.75, 3.05) is 39.9 Å². The van der Waals surface area contributed by atoms with Crippen molar-refractivity contribution in [2.24, 2.45) is 4.99 Å². The van der Waals surface area contributed by atoms with E-state index in [1.54, 1.807) is 7.05 Å². The van der Waals surface area contributed by atoms with Gasteiger partial charge in [-0.2, -0.15) is 0 Å². The summed E-state index contributed by atoms with van der Waals surface area (Å²) in [5.74, 6) is 1.73. The van der Waals surface area contributed by atoms with E-state index >= 15 is 0 Å². The zero-order valence-electron chi connectivity index (χ0n) is 16.8. The minimum Gasteiger partial charge on any atom is -0.489 e. The van der Waals surface area contributed by atoms with Gasteiger partial charge in [0, 0.05) is 32.2 Å². The summed E-state index contributed by atoms with van der Waals surface area (Å²) >= 11 is 0. The molecule has 2 rings (SSSR count). The zero-order chi connectivity index (χ0) is 18.9. The third kappa shape index (κ3) is 6.18. The number of aliphatic imine (C=N–C) groups is 1. The molecule has 0 amide bonds. The van der Waals surface area contributed by atoms with E-state index in [9.17, 15) is 0 Å². The molecular weight excluding hydrogens is 328 g/mol. The highest BCUT2D eigenvalue weighted by Crippen LogP contribution is 2.17. The molecule has 2 N–H and O–H groups in total. The van der Waals surface area contributed by atoms with Crippen molar-refractivity contribution in [3.8, 4) is 5.75 Å². The molecule has 26 heavy (non-hydrogen) atoms. The standard InChI is InChI=1S/C20H34N4O2/c1-15-8-6-7-9-19(15)26-18(4)13-23-20(21-5)22-12-16(2)24-10-11-25-14-17(24)3/h6-9,16-18H,10-14H2,1-5H3,(H2,21,22,23). The van der Waals surface area contributed by atoms with Crippen LogP contribution in [0.1, 0.15) is 26.3 Å². The molecule has 1 aliphatic heterocycles. The first kappa shape index (κ1) is 20.5. The second kappa shape index (κ2) is 10.4. The van der Waals surface area contributed by atoms with Crippen LogP contribution in [0.3, 0.4) is 0 Å². The maximum Gasteiger partial charge on any atom is 0.191 e. The number of guanidine groups is 1. The van der Waals surface area contributed by atoms with E-state index in [2.05, 4.69) is 54.3 Å². The Balaban J connectivity index is 1.74. The number of nitrogens with one attached hydrogen (secondary N) is 2. The van der Waals surface area contributed by atoms with Gasteiger partial charge in [-0.3, -0.25) is 9.89 Å². The maximum atomic E-state index is 6.01. The summed E-state index contributed by atoms with van der Waals surface area (Å²) in [5, 5.41) is 6.77. The number of morpholine rings is 1. The fourth-order valence-corrected chi connectivity index (χ4v) is 3.16. The van der Waals surface area contributed by atoms with E-state index in [0.29, 0.717) is 18.6 Å². The van der Waals surface area contributed by atoms with E-state index in [1.807, 2.05) is 18.2 Å². The van der Waals surface area contributed by atoms with Crippen LogP contribution in [-0.2, 0) is 4.74 Å². The minimum atomic E-state index is 0.0475. The van der Waals surface area contributed by atoms with Gasteiger partial charge in [0.25, 0.3) is 0 Å². The van der Waals surface area contributed by atoms with Crippen LogP contribution in [0.4, 0.5) is 0 Å². The first-order valence-electron chi connectivity index (χ1n) is 9.51. The van der Waals surface area contributed by atoms with Crippen molar-refractivity contribution in [1.82, 2.24) is 15.5 Å². The van der Waals surface area contributed by atoms with Gasteiger partial charge in [0.1, 0.15) is 11.9 Å². The lowest BCUT2D eigenvalue weighted by atomic mass is 10.2. The van der Waals surface area contributed by atoms with Gasteiger partial charge < -0.3 is 20.1 Å². The Morgan fingerprint density at radius 2 is 2.04 bits per heavy atom. The topological polar surface area (TPSA) is 58.1 Å². The highest BCUT2D eigenvalue weighted by molar-refractivity contribution is 5.79. The Labute approximate surface area is 158 Å². The Kier molecular flexibility index (Phi) is 8.19. The quantitative estimate of drug-likeness (QED) is 0.574. The first-order chi connectivity index (χ1) is 12.5. The number of hydrogen-bond acceptors (Lipinski definition) is 4. The maximum absolute atomic E-state index is 6.01. The van der Waals surface area contributed by atoms with Crippen LogP contribution in [0, 0.1) is 6.92 Å². The summed E-state index contributed by atoms with van der Waals surface area (Å²) in [4.78, 5) is 6.80. The number of ether oxygens (including phenoxy) is 2. The van der Waals surface area contributed by atoms with Crippen molar-refractivity contribution in [1.29, 1.82) is 0 Å². The van der Waals surface area contributed by atoms with Crippen LogP contribution < -0.4 is 15.4 Å². The van der Waals surface area contributed by atoms with Gasteiger partial charge in [0.05, 0.1) is 19.8 Å². The number of aryl methyl sites for hydroxylation is 1. The summed E-state index contributed by atoms with van der Waals surface area (Å²) in [5.41, 5.74) is 1.15. The molecule has 3 unspecified atom stereocenters. The predicted octanol–water partition coefficient (Wildman–Crippen LogP) is 2.04. The third-order valence-electron chi connectivity index (χ3n) is 4.75. The molecule has 1 aromatic rings. The largest absolute Gasteiger partial charge is 0.489 e. The number of rotatable bonds is 7. The lowest BCUT2D eigenvalue weighted by Crippen LogP contribution is -2.53. The van der Waals surface area contributed by atoms with E-state index in [1.165, 1.54) is 0 Å². The molecule has 0 aromatic heterocycles. The van der Waals surface area contributed by atoms with Crippen molar-refractivity contribution < 1.29 is 9.47 Å². The molecule has 3 atom stereocenters. The summed E-state index contributed by atoms with van der Waals surface area (Å²) < 4.78 is 11.5. The van der Waals surface area contributed by atoms with Gasteiger partial charge in [-0.15, -0.1) is 0 Å². The van der Waals surface area contributed by atoms with Gasteiger partial charge in [0.15, 0.2) is 5.96 Å². The monoisotopic (exact) mass is 362 g/mol. The normalized spacial score (nSPS) is 21.1. The Morgan fingerprint density at radius 3 is 2.73 bits per heavy atom. The van der Waals surface area contributed by atoms with Gasteiger partial charge >= 0.3 is 0 Å².